The Morgan fingerprint density at radius 3 is 2.38 bits per heavy atom. The second kappa shape index (κ2) is 7.95. The summed E-state index contributed by atoms with van der Waals surface area (Å²) in [5.41, 5.74) is 2.85. The van der Waals surface area contributed by atoms with Gasteiger partial charge in [0.25, 0.3) is 0 Å². The van der Waals surface area contributed by atoms with Gasteiger partial charge in [0, 0.05) is 25.2 Å². The van der Waals surface area contributed by atoms with Crippen molar-refractivity contribution in [3.8, 4) is 0 Å². The minimum atomic E-state index is 0.436. The van der Waals surface area contributed by atoms with Gasteiger partial charge in [-0.15, -0.1) is 0 Å². The molecule has 0 amide bonds. The van der Waals surface area contributed by atoms with Gasteiger partial charge in [-0.1, -0.05) is 51.0 Å². The zero-order valence-corrected chi connectivity index (χ0v) is 14.2. The predicted molar refractivity (Wildman–Crippen MR) is 91.6 cm³/mol. The zero-order valence-electron chi connectivity index (χ0n) is 14.2. The maximum atomic E-state index is 3.54. The molecule has 0 radical (unpaired) electrons. The number of benzene rings is 1. The first-order valence-electron chi connectivity index (χ1n) is 8.58. The van der Waals surface area contributed by atoms with Gasteiger partial charge in [0.1, 0.15) is 0 Å². The molecule has 0 bridgehead atoms. The van der Waals surface area contributed by atoms with Crippen LogP contribution in [0.3, 0.4) is 0 Å². The lowest BCUT2D eigenvalue weighted by molar-refractivity contribution is 0.160. The van der Waals surface area contributed by atoms with Gasteiger partial charge in [-0.05, 0) is 43.9 Å². The summed E-state index contributed by atoms with van der Waals surface area (Å²) in [6.07, 6.45) is 5.59. The third kappa shape index (κ3) is 4.55. The van der Waals surface area contributed by atoms with Crippen LogP contribution in [0.15, 0.2) is 24.3 Å². The molecule has 1 fully saturated rings. The molecule has 1 saturated carbocycles. The summed E-state index contributed by atoms with van der Waals surface area (Å²) in [5, 5.41) is 3.54. The van der Waals surface area contributed by atoms with Crippen molar-refractivity contribution in [1.29, 1.82) is 0 Å². The molecule has 1 atom stereocenters. The Morgan fingerprint density at radius 1 is 1.14 bits per heavy atom. The van der Waals surface area contributed by atoms with Crippen LogP contribution in [0, 0.1) is 12.8 Å². The summed E-state index contributed by atoms with van der Waals surface area (Å²) in [7, 11) is 2.10. The Balaban J connectivity index is 2.10. The van der Waals surface area contributed by atoms with Crippen LogP contribution in [-0.2, 0) is 0 Å². The van der Waals surface area contributed by atoms with Gasteiger partial charge >= 0.3 is 0 Å². The first-order valence-corrected chi connectivity index (χ1v) is 8.58. The number of nitrogens with zero attached hydrogens (tertiary/aromatic N) is 1. The predicted octanol–water partition coefficient (Wildman–Crippen LogP) is 4.16. The van der Waals surface area contributed by atoms with E-state index in [0.717, 1.165) is 18.5 Å². The average Bonchev–Trinajstić information content (AvgIpc) is 2.98. The number of nitrogens with one attached hydrogen (secondary N) is 1. The Labute approximate surface area is 130 Å². The van der Waals surface area contributed by atoms with E-state index in [4.69, 9.17) is 0 Å². The monoisotopic (exact) mass is 288 g/mol. The average molecular weight is 288 g/mol. The highest BCUT2D eigenvalue weighted by Crippen LogP contribution is 2.27. The molecule has 21 heavy (non-hydrogen) atoms. The highest BCUT2D eigenvalue weighted by molar-refractivity contribution is 5.29. The fourth-order valence-corrected chi connectivity index (χ4v) is 3.67. The number of aryl methyl sites for hydroxylation is 1. The van der Waals surface area contributed by atoms with Gasteiger partial charge in [0.05, 0.1) is 0 Å². The molecule has 0 aliphatic heterocycles. The van der Waals surface area contributed by atoms with Gasteiger partial charge in [-0.2, -0.15) is 0 Å². The van der Waals surface area contributed by atoms with Gasteiger partial charge in [0.15, 0.2) is 0 Å². The summed E-state index contributed by atoms with van der Waals surface area (Å²) in [5.74, 6) is 0.736. The van der Waals surface area contributed by atoms with Gasteiger partial charge in [-0.3, -0.25) is 4.90 Å². The topological polar surface area (TPSA) is 15.3 Å². The van der Waals surface area contributed by atoms with E-state index < -0.39 is 0 Å². The fourth-order valence-electron chi connectivity index (χ4n) is 3.67. The van der Waals surface area contributed by atoms with Crippen molar-refractivity contribution in [2.75, 3.05) is 20.1 Å². The van der Waals surface area contributed by atoms with E-state index in [-0.39, 0.29) is 0 Å². The van der Waals surface area contributed by atoms with Crippen molar-refractivity contribution < 1.29 is 0 Å². The lowest BCUT2D eigenvalue weighted by Crippen LogP contribution is -2.41. The normalized spacial score (nSPS) is 17.8. The molecule has 2 heteroatoms. The Morgan fingerprint density at radius 2 is 1.81 bits per heavy atom. The van der Waals surface area contributed by atoms with E-state index in [9.17, 15) is 0 Å². The zero-order chi connectivity index (χ0) is 15.2. The Hall–Kier alpha value is -0.860. The van der Waals surface area contributed by atoms with Crippen molar-refractivity contribution in [1.82, 2.24) is 10.2 Å². The summed E-state index contributed by atoms with van der Waals surface area (Å²) in [6.45, 7) is 9.25. The largest absolute Gasteiger partial charge is 0.312 e. The maximum absolute atomic E-state index is 3.54. The van der Waals surface area contributed by atoms with Gasteiger partial charge in [0.2, 0.25) is 0 Å². The van der Waals surface area contributed by atoms with Crippen LogP contribution in [-0.4, -0.2) is 31.1 Å². The molecule has 0 saturated heterocycles. The van der Waals surface area contributed by atoms with Crippen LogP contribution in [0.2, 0.25) is 0 Å². The summed E-state index contributed by atoms with van der Waals surface area (Å²) >= 11 is 0. The molecule has 0 spiro atoms. The third-order valence-corrected chi connectivity index (χ3v) is 4.77. The summed E-state index contributed by atoms with van der Waals surface area (Å²) < 4.78 is 0. The fraction of sp³-hybridized carbons (Fsp3) is 0.684. The maximum Gasteiger partial charge on any atom is 0.0449 e. The minimum absolute atomic E-state index is 0.436. The van der Waals surface area contributed by atoms with E-state index in [2.05, 4.69) is 62.3 Å². The van der Waals surface area contributed by atoms with Crippen LogP contribution in [0.1, 0.15) is 56.7 Å². The van der Waals surface area contributed by atoms with Crippen molar-refractivity contribution >= 4 is 0 Å². The molecule has 1 aliphatic carbocycles. The first kappa shape index (κ1) is 16.5. The SMILES string of the molecule is CNC(CN(CC(C)C)C1CCCC1)c1ccccc1C. The lowest BCUT2D eigenvalue weighted by Gasteiger charge is -2.34. The molecule has 0 aromatic heterocycles. The smallest absolute Gasteiger partial charge is 0.0449 e. The summed E-state index contributed by atoms with van der Waals surface area (Å²) in [4.78, 5) is 2.74. The van der Waals surface area contributed by atoms with Crippen molar-refractivity contribution in [2.45, 2.75) is 58.5 Å². The highest BCUT2D eigenvalue weighted by Gasteiger charge is 2.26. The second-order valence-electron chi connectivity index (χ2n) is 6.98. The Kier molecular flexibility index (Phi) is 6.25. The molecule has 118 valence electrons. The van der Waals surface area contributed by atoms with E-state index >= 15 is 0 Å². The minimum Gasteiger partial charge on any atom is -0.312 e. The molecule has 1 aliphatic rings. The van der Waals surface area contributed by atoms with Crippen LogP contribution >= 0.6 is 0 Å². The van der Waals surface area contributed by atoms with Gasteiger partial charge in [-0.25, -0.2) is 0 Å². The number of hydrogen-bond donors (Lipinski definition) is 1. The van der Waals surface area contributed by atoms with Crippen molar-refractivity contribution in [2.24, 2.45) is 5.92 Å². The van der Waals surface area contributed by atoms with E-state index in [1.165, 1.54) is 43.4 Å². The lowest BCUT2D eigenvalue weighted by atomic mass is 9.99. The number of likely N-dealkylation sites (N-methyl/N-ethyl adjacent to an activating group) is 1. The van der Waals surface area contributed by atoms with Crippen LogP contribution in [0.25, 0.3) is 0 Å². The molecule has 2 nitrogen and oxygen atoms in total. The molecule has 2 rings (SSSR count). The molecule has 1 N–H and O–H groups in total. The molecule has 1 aromatic rings. The first-order chi connectivity index (χ1) is 10.1. The standard InChI is InChI=1S/C19H32N2/c1-15(2)13-21(17-10-6-7-11-17)14-19(20-4)18-12-8-5-9-16(18)3/h5,8-9,12,15,17,19-20H,6-7,10-11,13-14H2,1-4H3. The second-order valence-corrected chi connectivity index (χ2v) is 6.98. The molecule has 1 aromatic carbocycles. The quantitative estimate of drug-likeness (QED) is 0.810. The van der Waals surface area contributed by atoms with E-state index in [1.807, 2.05) is 0 Å². The molecular formula is C19H32N2. The van der Waals surface area contributed by atoms with E-state index in [0.29, 0.717) is 6.04 Å². The number of rotatable bonds is 7. The summed E-state index contributed by atoms with van der Waals surface area (Å²) in [6, 6.07) is 10.0. The molecule has 0 heterocycles. The van der Waals surface area contributed by atoms with Crippen molar-refractivity contribution in [3.63, 3.8) is 0 Å². The molecular weight excluding hydrogens is 256 g/mol. The van der Waals surface area contributed by atoms with Crippen LogP contribution in [0.5, 0.6) is 0 Å². The van der Waals surface area contributed by atoms with E-state index in [1.54, 1.807) is 0 Å². The number of hydrogen-bond acceptors (Lipinski definition) is 2. The van der Waals surface area contributed by atoms with Crippen LogP contribution in [0.4, 0.5) is 0 Å². The Bertz CT molecular complexity index is 421. The van der Waals surface area contributed by atoms with Crippen molar-refractivity contribution in [3.05, 3.63) is 35.4 Å². The third-order valence-electron chi connectivity index (χ3n) is 4.77. The highest BCUT2D eigenvalue weighted by atomic mass is 15.2. The van der Waals surface area contributed by atoms with Crippen LogP contribution < -0.4 is 5.32 Å². The van der Waals surface area contributed by atoms with Gasteiger partial charge < -0.3 is 5.32 Å². The molecule has 1 unspecified atom stereocenters.